The van der Waals surface area contributed by atoms with Gasteiger partial charge in [0.25, 0.3) is 0 Å². The van der Waals surface area contributed by atoms with E-state index in [4.69, 9.17) is 0 Å². The number of rotatable bonds is 0. The predicted octanol–water partition coefficient (Wildman–Crippen LogP) is 3.54. The lowest BCUT2D eigenvalue weighted by atomic mass is 10.2. The van der Waals surface area contributed by atoms with Crippen LogP contribution in [0.3, 0.4) is 0 Å². The van der Waals surface area contributed by atoms with Gasteiger partial charge in [0.15, 0.2) is 17.5 Å². The molecule has 3 fully saturated rings. The first kappa shape index (κ1) is 17.5. The van der Waals surface area contributed by atoms with E-state index in [1.54, 1.807) is 0 Å². The van der Waals surface area contributed by atoms with E-state index < -0.39 is 17.5 Å². The van der Waals surface area contributed by atoms with Crippen LogP contribution >= 0.6 is 67.8 Å². The van der Waals surface area contributed by atoms with E-state index in [0.717, 1.165) is 0 Å². The Morgan fingerprint density at radius 2 is 0.750 bits per heavy atom. The largest absolute Gasteiger partial charge is 0.300 e. The normalized spacial score (nSPS) is 24.3. The van der Waals surface area contributed by atoms with Crippen LogP contribution in [-0.4, -0.2) is 49.1 Å². The summed E-state index contributed by atoms with van der Waals surface area (Å²) in [6.45, 7) is 7.92. The average molecular weight is 622 g/mol. The summed E-state index contributed by atoms with van der Waals surface area (Å²) in [6, 6.07) is 0. The van der Waals surface area contributed by atoms with Crippen LogP contribution in [-0.2, 0) is 0 Å². The van der Waals surface area contributed by atoms with E-state index in [0.29, 0.717) is 0 Å². The molecular weight excluding hydrogens is 610 g/mol. The van der Waals surface area contributed by atoms with E-state index in [9.17, 15) is 13.2 Å². The summed E-state index contributed by atoms with van der Waals surface area (Å²) >= 11 is 4.53. The minimum absolute atomic E-state index is 0.164. The van der Waals surface area contributed by atoms with Crippen LogP contribution in [0.5, 0.6) is 0 Å². The van der Waals surface area contributed by atoms with Gasteiger partial charge < -0.3 is 0 Å². The molecule has 2 nitrogen and oxygen atoms in total. The zero-order chi connectivity index (χ0) is 14.9. The van der Waals surface area contributed by atoms with Gasteiger partial charge in [-0.1, -0.05) is 0 Å². The molecule has 0 amide bonds. The van der Waals surface area contributed by atoms with Crippen molar-refractivity contribution in [3.8, 4) is 0 Å². The molecule has 3 heterocycles. The summed E-state index contributed by atoms with van der Waals surface area (Å²) in [4.78, 5) is 5.08. The van der Waals surface area contributed by atoms with Crippen molar-refractivity contribution < 1.29 is 13.2 Å². The summed E-state index contributed by atoms with van der Waals surface area (Å²) in [7, 11) is 0. The molecular formula is C12H12F3I3N2. The van der Waals surface area contributed by atoms with Crippen LogP contribution in [0.2, 0.25) is 0 Å². The Bertz CT molecular complexity index is 377. The van der Waals surface area contributed by atoms with Crippen LogP contribution in [0.1, 0.15) is 0 Å². The lowest BCUT2D eigenvalue weighted by Gasteiger charge is -2.41. The molecule has 0 spiro atoms. The maximum atomic E-state index is 12.9. The van der Waals surface area contributed by atoms with Crippen LogP contribution in [0, 0.1) is 28.2 Å². The summed E-state index contributed by atoms with van der Waals surface area (Å²) < 4.78 is 38.3. The molecule has 4 rings (SSSR count). The maximum absolute atomic E-state index is 12.9. The molecule has 0 N–H and O–H groups in total. The van der Waals surface area contributed by atoms with E-state index in [2.05, 4.69) is 9.80 Å². The third-order valence-electron chi connectivity index (χ3n) is 3.35. The van der Waals surface area contributed by atoms with Crippen molar-refractivity contribution in [1.82, 2.24) is 9.80 Å². The van der Waals surface area contributed by atoms with Gasteiger partial charge in [0.05, 0.1) is 10.7 Å². The zero-order valence-corrected chi connectivity index (χ0v) is 16.9. The van der Waals surface area contributed by atoms with Gasteiger partial charge in [-0.25, -0.2) is 13.2 Å². The van der Waals surface area contributed by atoms with Gasteiger partial charge in [-0.05, 0) is 67.8 Å². The summed E-state index contributed by atoms with van der Waals surface area (Å²) in [5.74, 6) is -2.48. The molecule has 0 saturated carbocycles. The molecule has 0 atom stereocenters. The highest BCUT2D eigenvalue weighted by molar-refractivity contribution is 14.1. The minimum atomic E-state index is -0.827. The van der Waals surface area contributed by atoms with Crippen molar-refractivity contribution in [3.63, 3.8) is 0 Å². The highest BCUT2D eigenvalue weighted by Gasteiger charge is 2.22. The van der Waals surface area contributed by atoms with E-state index in [1.807, 2.05) is 0 Å². The number of nitrogens with zero attached hydrogens (tertiary/aromatic N) is 2. The third-order valence-corrected chi connectivity index (χ3v) is 6.19. The average Bonchev–Trinajstić information content (AvgIpc) is 2.52. The van der Waals surface area contributed by atoms with Gasteiger partial charge in [0.1, 0.15) is 0 Å². The maximum Gasteiger partial charge on any atom is 0.155 e. The van der Waals surface area contributed by atoms with Gasteiger partial charge in [0, 0.05) is 39.3 Å². The molecule has 1 aromatic rings. The van der Waals surface area contributed by atoms with Gasteiger partial charge in [-0.15, -0.1) is 0 Å². The Labute approximate surface area is 156 Å². The van der Waals surface area contributed by atoms with Gasteiger partial charge in [-0.2, -0.15) is 0 Å². The number of hydrogen-bond acceptors (Lipinski definition) is 2. The van der Waals surface area contributed by atoms with Crippen LogP contribution < -0.4 is 0 Å². The standard InChI is InChI=1S/C6F3I3.C6H12N2/c7-1-4(10)2(8)6(12)3(9)5(1)11;1-2-8-5-3-7(1)4-6-8/h;1-6H2. The van der Waals surface area contributed by atoms with Crippen molar-refractivity contribution >= 4 is 67.8 Å². The first-order valence-corrected chi connectivity index (χ1v) is 9.27. The first-order valence-electron chi connectivity index (χ1n) is 6.03. The smallest absolute Gasteiger partial charge is 0.155 e. The summed E-state index contributed by atoms with van der Waals surface area (Å²) in [5, 5.41) is 0. The van der Waals surface area contributed by atoms with Gasteiger partial charge in [-0.3, -0.25) is 9.80 Å². The lowest BCUT2D eigenvalue weighted by Crippen LogP contribution is -2.55. The number of hydrogen-bond donors (Lipinski definition) is 0. The molecule has 3 saturated heterocycles. The van der Waals surface area contributed by atoms with Crippen LogP contribution in [0.4, 0.5) is 13.2 Å². The molecule has 2 bridgehead atoms. The molecule has 3 aliphatic rings. The number of fused-ring (bicyclic) bond motifs is 3. The summed E-state index contributed by atoms with van der Waals surface area (Å²) in [6.07, 6.45) is 0. The number of halogens is 6. The zero-order valence-electron chi connectivity index (χ0n) is 10.4. The molecule has 0 radical (unpaired) electrons. The van der Waals surface area contributed by atoms with E-state index in [-0.39, 0.29) is 10.7 Å². The second-order valence-electron chi connectivity index (χ2n) is 4.57. The highest BCUT2D eigenvalue weighted by Crippen LogP contribution is 2.28. The first-order chi connectivity index (χ1) is 9.41. The molecule has 20 heavy (non-hydrogen) atoms. The number of piperazine rings is 3. The van der Waals surface area contributed by atoms with Crippen molar-refractivity contribution in [2.75, 3.05) is 39.3 Å². The van der Waals surface area contributed by atoms with Crippen LogP contribution in [0.15, 0.2) is 0 Å². The van der Waals surface area contributed by atoms with Crippen molar-refractivity contribution in [3.05, 3.63) is 28.2 Å². The predicted molar refractivity (Wildman–Crippen MR) is 97.3 cm³/mol. The fraction of sp³-hybridized carbons (Fsp3) is 0.500. The van der Waals surface area contributed by atoms with Crippen molar-refractivity contribution in [2.45, 2.75) is 0 Å². The monoisotopic (exact) mass is 622 g/mol. The molecule has 0 aromatic heterocycles. The fourth-order valence-corrected chi connectivity index (χ4v) is 5.26. The van der Waals surface area contributed by atoms with E-state index in [1.165, 1.54) is 107 Å². The van der Waals surface area contributed by atoms with Crippen molar-refractivity contribution in [1.29, 1.82) is 0 Å². The third kappa shape index (κ3) is 3.90. The fourth-order valence-electron chi connectivity index (χ4n) is 2.10. The van der Waals surface area contributed by atoms with Crippen molar-refractivity contribution in [2.24, 2.45) is 0 Å². The van der Waals surface area contributed by atoms with E-state index >= 15 is 0 Å². The quantitative estimate of drug-likeness (QED) is 0.249. The molecule has 0 aliphatic carbocycles. The lowest BCUT2D eigenvalue weighted by molar-refractivity contribution is 0.0647. The molecule has 112 valence electrons. The van der Waals surface area contributed by atoms with Gasteiger partial charge >= 0.3 is 0 Å². The highest BCUT2D eigenvalue weighted by atomic mass is 127. The topological polar surface area (TPSA) is 6.48 Å². The second kappa shape index (κ2) is 7.59. The second-order valence-corrected chi connectivity index (χ2v) is 7.80. The Morgan fingerprint density at radius 1 is 0.550 bits per heavy atom. The Morgan fingerprint density at radius 3 is 0.900 bits per heavy atom. The molecule has 3 aliphatic heterocycles. The Balaban J connectivity index is 0.000000157. The summed E-state index contributed by atoms with van der Waals surface area (Å²) in [5.41, 5.74) is 0. The van der Waals surface area contributed by atoms with Crippen LogP contribution in [0.25, 0.3) is 0 Å². The van der Waals surface area contributed by atoms with Gasteiger partial charge in [0.2, 0.25) is 0 Å². The molecule has 0 unspecified atom stereocenters. The minimum Gasteiger partial charge on any atom is -0.300 e. The Hall–Kier alpha value is 1.12. The Kier molecular flexibility index (Phi) is 6.64. The number of benzene rings is 1. The molecule has 1 aromatic carbocycles. The SMILES string of the molecule is C1CN2CCN1CC2.Fc1c(I)c(F)c(I)c(F)c1I. The molecule has 8 heteroatoms.